The number of likely N-dealkylation sites (tertiary alicyclic amines) is 1. The second-order valence-corrected chi connectivity index (χ2v) is 9.93. The number of nitrogens with one attached hydrogen (secondary N) is 1. The van der Waals surface area contributed by atoms with Gasteiger partial charge >= 0.3 is 0 Å². The molecule has 0 aromatic carbocycles. The van der Waals surface area contributed by atoms with Gasteiger partial charge in [0, 0.05) is 63.9 Å². The summed E-state index contributed by atoms with van der Waals surface area (Å²) >= 11 is 0. The van der Waals surface area contributed by atoms with Crippen molar-refractivity contribution in [2.45, 2.75) is 72.5 Å². The van der Waals surface area contributed by atoms with E-state index in [0.717, 1.165) is 32.1 Å². The number of hydrogen-bond donors (Lipinski definition) is 1. The van der Waals surface area contributed by atoms with Gasteiger partial charge in [0.1, 0.15) is 0 Å². The number of rotatable bonds is 10. The van der Waals surface area contributed by atoms with E-state index in [2.05, 4.69) is 66.5 Å². The molecule has 6 nitrogen and oxygen atoms in total. The maximum absolute atomic E-state index is 12.3. The fourth-order valence-corrected chi connectivity index (χ4v) is 4.85. The summed E-state index contributed by atoms with van der Waals surface area (Å²) in [5.41, 5.74) is 0. The molecule has 2 aliphatic heterocycles. The molecule has 0 unspecified atom stereocenters. The first-order chi connectivity index (χ1) is 13.8. The normalized spacial score (nSPS) is 21.0. The van der Waals surface area contributed by atoms with Crippen LogP contribution in [0.3, 0.4) is 0 Å². The third-order valence-electron chi connectivity index (χ3n) is 6.75. The van der Waals surface area contributed by atoms with Crippen LogP contribution in [0.15, 0.2) is 0 Å². The van der Waals surface area contributed by atoms with Crippen LogP contribution in [0, 0.1) is 5.92 Å². The third-order valence-corrected chi connectivity index (χ3v) is 6.75. The molecule has 0 spiro atoms. The first-order valence-electron chi connectivity index (χ1n) is 12.0. The Morgan fingerprint density at radius 2 is 1.48 bits per heavy atom. The molecule has 0 atom stereocenters. The standard InChI is InChI=1S/C23H47N5O/c1-19(2)27-15-13-26(14-16-27)17-22-7-10-25(11-8-22)18-23(29)24-9-12-28(20(3)4)21(5)6/h19-22H,7-18H2,1-6H3,(H,24,29). The molecule has 0 bridgehead atoms. The van der Waals surface area contributed by atoms with Crippen LogP contribution in [0.5, 0.6) is 0 Å². The number of piperazine rings is 1. The Morgan fingerprint density at radius 1 is 0.897 bits per heavy atom. The van der Waals surface area contributed by atoms with Gasteiger partial charge in [-0.25, -0.2) is 0 Å². The molecule has 0 aromatic heterocycles. The molecule has 0 aliphatic carbocycles. The lowest BCUT2D eigenvalue weighted by Gasteiger charge is -2.40. The fraction of sp³-hybridized carbons (Fsp3) is 0.957. The van der Waals surface area contributed by atoms with Gasteiger partial charge in [-0.2, -0.15) is 0 Å². The molecule has 2 saturated heterocycles. The van der Waals surface area contributed by atoms with Crippen LogP contribution in [0.25, 0.3) is 0 Å². The van der Waals surface area contributed by atoms with Crippen molar-refractivity contribution in [1.29, 1.82) is 0 Å². The maximum atomic E-state index is 12.3. The summed E-state index contributed by atoms with van der Waals surface area (Å²) in [5.74, 6) is 0.978. The van der Waals surface area contributed by atoms with Crippen molar-refractivity contribution in [2.75, 3.05) is 65.4 Å². The average Bonchev–Trinajstić information content (AvgIpc) is 2.66. The summed E-state index contributed by atoms with van der Waals surface area (Å²) in [6.07, 6.45) is 2.46. The second kappa shape index (κ2) is 12.2. The van der Waals surface area contributed by atoms with E-state index in [1.807, 2.05) is 0 Å². The van der Waals surface area contributed by atoms with Gasteiger partial charge in [0.2, 0.25) is 5.91 Å². The highest BCUT2D eigenvalue weighted by molar-refractivity contribution is 5.78. The minimum Gasteiger partial charge on any atom is -0.354 e. The molecule has 0 radical (unpaired) electrons. The lowest BCUT2D eigenvalue weighted by atomic mass is 9.96. The molecule has 2 fully saturated rings. The Hall–Kier alpha value is -0.690. The molecule has 1 amide bonds. The van der Waals surface area contributed by atoms with Crippen molar-refractivity contribution in [3.05, 3.63) is 0 Å². The van der Waals surface area contributed by atoms with E-state index in [-0.39, 0.29) is 5.91 Å². The van der Waals surface area contributed by atoms with Gasteiger partial charge in [0.05, 0.1) is 6.54 Å². The van der Waals surface area contributed by atoms with Gasteiger partial charge in [-0.1, -0.05) is 0 Å². The Kier molecular flexibility index (Phi) is 10.4. The van der Waals surface area contributed by atoms with Crippen LogP contribution in [-0.2, 0) is 4.79 Å². The molecular formula is C23H47N5O. The van der Waals surface area contributed by atoms with Gasteiger partial charge in [-0.05, 0) is 73.4 Å². The summed E-state index contributed by atoms with van der Waals surface area (Å²) in [6.45, 7) is 23.9. The molecule has 0 saturated carbocycles. The van der Waals surface area contributed by atoms with Crippen molar-refractivity contribution < 1.29 is 4.79 Å². The van der Waals surface area contributed by atoms with Crippen LogP contribution >= 0.6 is 0 Å². The number of amides is 1. The topological polar surface area (TPSA) is 42.1 Å². The highest BCUT2D eigenvalue weighted by atomic mass is 16.2. The molecule has 0 aromatic rings. The first kappa shape index (κ1) is 24.6. The van der Waals surface area contributed by atoms with Crippen molar-refractivity contribution in [3.63, 3.8) is 0 Å². The molecule has 2 rings (SSSR count). The smallest absolute Gasteiger partial charge is 0.234 e. The zero-order valence-electron chi connectivity index (χ0n) is 20.0. The molecule has 2 aliphatic rings. The third kappa shape index (κ3) is 8.52. The molecule has 170 valence electrons. The highest BCUT2D eigenvalue weighted by Gasteiger charge is 2.25. The Bertz CT molecular complexity index is 458. The molecule has 1 N–H and O–H groups in total. The Labute approximate surface area is 180 Å². The predicted octanol–water partition coefficient (Wildman–Crippen LogP) is 1.96. The van der Waals surface area contributed by atoms with Crippen LogP contribution in [-0.4, -0.2) is 109 Å². The summed E-state index contributed by atoms with van der Waals surface area (Å²) in [5, 5.41) is 3.13. The number of nitrogens with zero attached hydrogens (tertiary/aromatic N) is 4. The van der Waals surface area contributed by atoms with E-state index in [4.69, 9.17) is 0 Å². The van der Waals surface area contributed by atoms with Crippen LogP contribution in [0.4, 0.5) is 0 Å². The number of carbonyl (C=O) groups excluding carboxylic acids is 1. The minimum absolute atomic E-state index is 0.181. The van der Waals surface area contributed by atoms with Crippen molar-refractivity contribution >= 4 is 5.91 Å². The largest absolute Gasteiger partial charge is 0.354 e. The molecule has 2 heterocycles. The van der Waals surface area contributed by atoms with Crippen molar-refractivity contribution in [2.24, 2.45) is 5.92 Å². The van der Waals surface area contributed by atoms with Crippen LogP contribution in [0.2, 0.25) is 0 Å². The molecular weight excluding hydrogens is 362 g/mol. The van der Waals surface area contributed by atoms with Gasteiger partial charge in [0.25, 0.3) is 0 Å². The highest BCUT2D eigenvalue weighted by Crippen LogP contribution is 2.19. The maximum Gasteiger partial charge on any atom is 0.234 e. The van der Waals surface area contributed by atoms with Crippen molar-refractivity contribution in [1.82, 2.24) is 24.9 Å². The molecule has 29 heavy (non-hydrogen) atoms. The average molecular weight is 410 g/mol. The summed E-state index contributed by atoms with van der Waals surface area (Å²) in [7, 11) is 0. The van der Waals surface area contributed by atoms with E-state index >= 15 is 0 Å². The Balaban J connectivity index is 1.59. The zero-order valence-corrected chi connectivity index (χ0v) is 20.0. The van der Waals surface area contributed by atoms with E-state index in [0.29, 0.717) is 24.7 Å². The lowest BCUT2D eigenvalue weighted by Crippen LogP contribution is -2.51. The van der Waals surface area contributed by atoms with E-state index in [1.165, 1.54) is 45.6 Å². The zero-order chi connectivity index (χ0) is 21.4. The van der Waals surface area contributed by atoms with Gasteiger partial charge < -0.3 is 10.2 Å². The fourth-order valence-electron chi connectivity index (χ4n) is 4.85. The quantitative estimate of drug-likeness (QED) is 0.597. The van der Waals surface area contributed by atoms with E-state index in [1.54, 1.807) is 0 Å². The second-order valence-electron chi connectivity index (χ2n) is 9.93. The van der Waals surface area contributed by atoms with E-state index in [9.17, 15) is 4.79 Å². The number of hydrogen-bond acceptors (Lipinski definition) is 5. The summed E-state index contributed by atoms with van der Waals surface area (Å²) in [6, 6.07) is 1.70. The minimum atomic E-state index is 0.181. The molecule has 6 heteroatoms. The number of piperidine rings is 1. The van der Waals surface area contributed by atoms with Crippen LogP contribution in [0.1, 0.15) is 54.4 Å². The SMILES string of the molecule is CC(C)N1CCN(CC2CCN(CC(=O)NCCN(C(C)C)C(C)C)CC2)CC1. The Morgan fingerprint density at radius 3 is 2.00 bits per heavy atom. The van der Waals surface area contributed by atoms with Crippen LogP contribution < -0.4 is 5.32 Å². The predicted molar refractivity (Wildman–Crippen MR) is 122 cm³/mol. The lowest BCUT2D eigenvalue weighted by molar-refractivity contribution is -0.122. The van der Waals surface area contributed by atoms with Crippen molar-refractivity contribution in [3.8, 4) is 0 Å². The van der Waals surface area contributed by atoms with Gasteiger partial charge in [-0.3, -0.25) is 19.5 Å². The van der Waals surface area contributed by atoms with Gasteiger partial charge in [-0.15, -0.1) is 0 Å². The first-order valence-corrected chi connectivity index (χ1v) is 12.0. The number of carbonyl (C=O) groups is 1. The summed E-state index contributed by atoms with van der Waals surface area (Å²) in [4.78, 5) is 22.3. The monoisotopic (exact) mass is 409 g/mol. The van der Waals surface area contributed by atoms with E-state index < -0.39 is 0 Å². The van der Waals surface area contributed by atoms with Gasteiger partial charge in [0.15, 0.2) is 0 Å². The summed E-state index contributed by atoms with van der Waals surface area (Å²) < 4.78 is 0.